The van der Waals surface area contributed by atoms with Crippen molar-refractivity contribution in [3.8, 4) is 11.5 Å². The van der Waals surface area contributed by atoms with Crippen LogP contribution in [0.2, 0.25) is 0 Å². The molecule has 7 nitrogen and oxygen atoms in total. The van der Waals surface area contributed by atoms with Crippen LogP contribution in [-0.2, 0) is 9.84 Å². The van der Waals surface area contributed by atoms with Crippen molar-refractivity contribution in [1.29, 1.82) is 0 Å². The fourth-order valence-corrected chi connectivity index (χ4v) is 4.30. The van der Waals surface area contributed by atoms with Crippen LogP contribution < -0.4 is 20.5 Å². The average Bonchev–Trinajstić information content (AvgIpc) is 2.53. The molecular formula is C15H24IN3O4S. The van der Waals surface area contributed by atoms with E-state index in [2.05, 4.69) is 10.3 Å². The summed E-state index contributed by atoms with van der Waals surface area (Å²) < 4.78 is 34.3. The predicted octanol–water partition coefficient (Wildman–Crippen LogP) is 2.02. The van der Waals surface area contributed by atoms with E-state index in [1.807, 2.05) is 0 Å². The number of anilines is 1. The highest BCUT2D eigenvalue weighted by molar-refractivity contribution is 14.0. The first-order chi connectivity index (χ1) is 11.0. The lowest BCUT2D eigenvalue weighted by atomic mass is 10.2. The molecule has 1 heterocycles. The zero-order valence-corrected chi connectivity index (χ0v) is 17.0. The maximum Gasteiger partial charge on any atom is 0.193 e. The van der Waals surface area contributed by atoms with E-state index in [4.69, 9.17) is 15.2 Å². The molecule has 0 amide bonds. The summed E-state index contributed by atoms with van der Waals surface area (Å²) in [7, 11) is 0.0708. The second-order valence-corrected chi connectivity index (χ2v) is 7.81. The second-order valence-electron chi connectivity index (χ2n) is 5.41. The number of nitrogens with zero attached hydrogens (tertiary/aromatic N) is 1. The summed E-state index contributed by atoms with van der Waals surface area (Å²) in [6.45, 7) is 0.189. The Morgan fingerprint density at radius 3 is 2.62 bits per heavy atom. The number of halogens is 1. The van der Waals surface area contributed by atoms with Crippen LogP contribution in [0.1, 0.15) is 19.3 Å². The third-order valence-corrected chi connectivity index (χ3v) is 6.09. The number of nitrogens with one attached hydrogen (secondary N) is 1. The highest BCUT2D eigenvalue weighted by Crippen LogP contribution is 2.29. The van der Waals surface area contributed by atoms with E-state index >= 15 is 0 Å². The zero-order chi connectivity index (χ0) is 16.9. The van der Waals surface area contributed by atoms with Gasteiger partial charge in [0.05, 0.1) is 31.8 Å². The van der Waals surface area contributed by atoms with Crippen molar-refractivity contribution in [1.82, 2.24) is 0 Å². The van der Waals surface area contributed by atoms with Gasteiger partial charge in [0, 0.05) is 11.8 Å². The number of rotatable bonds is 5. The number of benzene rings is 1. The summed E-state index contributed by atoms with van der Waals surface area (Å²) in [4.78, 5) is 4.17. The molecule has 1 atom stereocenters. The van der Waals surface area contributed by atoms with Gasteiger partial charge in [-0.05, 0) is 25.0 Å². The zero-order valence-electron chi connectivity index (χ0n) is 13.8. The molecule has 0 aliphatic carbocycles. The number of nitrogens with two attached hydrogens (primary N) is 1. The first-order valence-electron chi connectivity index (χ1n) is 7.47. The highest BCUT2D eigenvalue weighted by Gasteiger charge is 2.28. The van der Waals surface area contributed by atoms with Crippen molar-refractivity contribution in [2.24, 2.45) is 10.7 Å². The quantitative estimate of drug-likeness (QED) is 0.389. The molecule has 0 radical (unpaired) electrons. The minimum absolute atomic E-state index is 0. The Hall–Kier alpha value is -1.23. The van der Waals surface area contributed by atoms with E-state index in [9.17, 15) is 8.42 Å². The summed E-state index contributed by atoms with van der Waals surface area (Å²) in [6, 6.07) is 5.26. The average molecular weight is 469 g/mol. The molecule has 1 aromatic rings. The van der Waals surface area contributed by atoms with E-state index in [0.717, 1.165) is 12.8 Å². The van der Waals surface area contributed by atoms with Crippen LogP contribution in [0.3, 0.4) is 0 Å². The van der Waals surface area contributed by atoms with E-state index in [0.29, 0.717) is 23.6 Å². The van der Waals surface area contributed by atoms with Gasteiger partial charge in [-0.3, -0.25) is 4.99 Å². The molecule has 1 fully saturated rings. The van der Waals surface area contributed by atoms with Gasteiger partial charge in [0.25, 0.3) is 0 Å². The van der Waals surface area contributed by atoms with Gasteiger partial charge in [-0.2, -0.15) is 0 Å². The van der Waals surface area contributed by atoms with Crippen LogP contribution in [0.4, 0.5) is 5.69 Å². The van der Waals surface area contributed by atoms with Gasteiger partial charge in [0.1, 0.15) is 0 Å². The number of sulfone groups is 1. The van der Waals surface area contributed by atoms with Gasteiger partial charge in [-0.15, -0.1) is 24.0 Å². The van der Waals surface area contributed by atoms with E-state index in [1.54, 1.807) is 32.4 Å². The first kappa shape index (κ1) is 20.8. The molecule has 0 aromatic heterocycles. The van der Waals surface area contributed by atoms with E-state index in [1.165, 1.54) is 0 Å². The van der Waals surface area contributed by atoms with Crippen LogP contribution >= 0.6 is 24.0 Å². The molecule has 1 aliphatic rings. The van der Waals surface area contributed by atoms with Gasteiger partial charge in [0.15, 0.2) is 27.3 Å². The molecule has 1 saturated heterocycles. The maximum atomic E-state index is 11.9. The Kier molecular flexibility index (Phi) is 8.07. The molecule has 1 aliphatic heterocycles. The third kappa shape index (κ3) is 5.40. The largest absolute Gasteiger partial charge is 0.493 e. The molecular weight excluding hydrogens is 445 g/mol. The molecule has 0 saturated carbocycles. The minimum Gasteiger partial charge on any atom is -0.493 e. The lowest BCUT2D eigenvalue weighted by molar-refractivity contribution is 0.355. The summed E-state index contributed by atoms with van der Waals surface area (Å²) in [5.74, 6) is 1.61. The van der Waals surface area contributed by atoms with Crippen LogP contribution in [0, 0.1) is 0 Å². The van der Waals surface area contributed by atoms with Crippen LogP contribution in [0.15, 0.2) is 23.2 Å². The molecule has 0 bridgehead atoms. The molecule has 1 aromatic carbocycles. The van der Waals surface area contributed by atoms with Crippen molar-refractivity contribution in [3.63, 3.8) is 0 Å². The fraction of sp³-hybridized carbons (Fsp3) is 0.533. The van der Waals surface area contributed by atoms with Crippen molar-refractivity contribution in [2.45, 2.75) is 24.5 Å². The lowest BCUT2D eigenvalue weighted by Gasteiger charge is -2.20. The molecule has 24 heavy (non-hydrogen) atoms. The third-order valence-electron chi connectivity index (χ3n) is 3.83. The molecule has 9 heteroatoms. The summed E-state index contributed by atoms with van der Waals surface area (Å²) in [5, 5.41) is 2.50. The standard InChI is InChI=1S/C15H23N3O4S.HI/c1-21-13-7-6-11(9-14(13)22-2)18-15(16)17-10-12-5-3-4-8-23(12,19)20;/h6-7,9,12H,3-5,8,10H2,1-2H3,(H3,16,17,18);1H. The van der Waals surface area contributed by atoms with E-state index < -0.39 is 15.1 Å². The van der Waals surface area contributed by atoms with Gasteiger partial charge < -0.3 is 20.5 Å². The summed E-state index contributed by atoms with van der Waals surface area (Å²) in [6.07, 6.45) is 2.31. The Morgan fingerprint density at radius 1 is 1.29 bits per heavy atom. The van der Waals surface area contributed by atoms with Gasteiger partial charge >= 0.3 is 0 Å². The van der Waals surface area contributed by atoms with Crippen molar-refractivity contribution < 1.29 is 17.9 Å². The number of ether oxygens (including phenoxy) is 2. The van der Waals surface area contributed by atoms with Crippen molar-refractivity contribution in [3.05, 3.63) is 18.2 Å². The predicted molar refractivity (Wildman–Crippen MR) is 106 cm³/mol. The van der Waals surface area contributed by atoms with Crippen molar-refractivity contribution >= 4 is 45.5 Å². The lowest BCUT2D eigenvalue weighted by Crippen LogP contribution is -2.32. The monoisotopic (exact) mass is 469 g/mol. The summed E-state index contributed by atoms with van der Waals surface area (Å²) in [5.41, 5.74) is 6.54. The Bertz CT molecular complexity index is 679. The topological polar surface area (TPSA) is 103 Å². The number of guanidine groups is 1. The Morgan fingerprint density at radius 2 is 2.00 bits per heavy atom. The summed E-state index contributed by atoms with van der Waals surface area (Å²) >= 11 is 0. The van der Waals surface area contributed by atoms with Gasteiger partial charge in [-0.25, -0.2) is 8.42 Å². The molecule has 3 N–H and O–H groups in total. The second kappa shape index (κ2) is 9.30. The minimum atomic E-state index is -3.04. The van der Waals surface area contributed by atoms with Gasteiger partial charge in [-0.1, -0.05) is 6.42 Å². The first-order valence-corrected chi connectivity index (χ1v) is 9.18. The van der Waals surface area contributed by atoms with Crippen molar-refractivity contribution in [2.75, 3.05) is 31.8 Å². The Labute approximate surface area is 159 Å². The van der Waals surface area contributed by atoms with E-state index in [-0.39, 0.29) is 42.2 Å². The number of aliphatic imine (C=N–C) groups is 1. The smallest absolute Gasteiger partial charge is 0.193 e. The molecule has 0 spiro atoms. The molecule has 2 rings (SSSR count). The van der Waals surface area contributed by atoms with Gasteiger partial charge in [0.2, 0.25) is 0 Å². The molecule has 1 unspecified atom stereocenters. The SMILES string of the molecule is COc1ccc(NC(N)=NCC2CCCCS2(=O)=O)cc1OC.I. The maximum absolute atomic E-state index is 11.9. The molecule has 136 valence electrons. The number of hydrogen-bond donors (Lipinski definition) is 2. The number of hydrogen-bond acceptors (Lipinski definition) is 5. The highest BCUT2D eigenvalue weighted by atomic mass is 127. The normalized spacial score (nSPS) is 19.9. The van der Waals surface area contributed by atoms with Crippen LogP contribution in [0.25, 0.3) is 0 Å². The Balaban J connectivity index is 0.00000288. The number of methoxy groups -OCH3 is 2. The van der Waals surface area contributed by atoms with Crippen LogP contribution in [0.5, 0.6) is 11.5 Å². The fourth-order valence-electron chi connectivity index (χ4n) is 2.53. The van der Waals surface area contributed by atoms with Crippen LogP contribution in [-0.4, -0.2) is 46.1 Å².